The number of benzene rings is 1. The quantitative estimate of drug-likeness (QED) is 0.730. The lowest BCUT2D eigenvalue weighted by Crippen LogP contribution is -2.49. The van der Waals surface area contributed by atoms with Crippen LogP contribution in [0.2, 0.25) is 5.02 Å². The topological polar surface area (TPSA) is 19.4 Å². The first-order valence-corrected chi connectivity index (χ1v) is 10.3. The van der Waals surface area contributed by atoms with E-state index in [1.807, 2.05) is 18.3 Å². The van der Waals surface area contributed by atoms with Crippen LogP contribution in [0.5, 0.6) is 0 Å². The molecule has 138 valence electrons. The van der Waals surface area contributed by atoms with Crippen LogP contribution in [0.1, 0.15) is 49.7 Å². The summed E-state index contributed by atoms with van der Waals surface area (Å²) in [5.41, 5.74) is 4.01. The minimum Gasteiger partial charge on any atom is -0.354 e. The molecule has 2 unspecified atom stereocenters. The largest absolute Gasteiger partial charge is 0.354 e. The van der Waals surface area contributed by atoms with Crippen LogP contribution in [-0.4, -0.2) is 35.7 Å². The second kappa shape index (κ2) is 7.98. The first-order valence-electron chi connectivity index (χ1n) is 9.96. The summed E-state index contributed by atoms with van der Waals surface area (Å²) in [4.78, 5) is 9.73. The molecular formula is C22H28ClN3. The van der Waals surface area contributed by atoms with Gasteiger partial charge < -0.3 is 4.90 Å². The molecule has 2 aromatic rings. The zero-order valence-electron chi connectivity index (χ0n) is 15.6. The minimum atomic E-state index is 0.502. The third-order valence-electron chi connectivity index (χ3n) is 6.01. The number of aromatic nitrogens is 1. The average molecular weight is 370 g/mol. The molecule has 1 saturated heterocycles. The summed E-state index contributed by atoms with van der Waals surface area (Å²) in [6, 6.07) is 10.5. The van der Waals surface area contributed by atoms with Gasteiger partial charge in [-0.05, 0) is 61.3 Å². The summed E-state index contributed by atoms with van der Waals surface area (Å²) in [5, 5.41) is 0.883. The maximum absolute atomic E-state index is 6.43. The van der Waals surface area contributed by atoms with Crippen molar-refractivity contribution in [3.63, 3.8) is 0 Å². The van der Waals surface area contributed by atoms with Crippen LogP contribution in [0.25, 0.3) is 0 Å². The number of rotatable bonds is 5. The fourth-order valence-corrected chi connectivity index (χ4v) is 4.93. The Labute approximate surface area is 162 Å². The number of anilines is 1. The molecule has 0 radical (unpaired) electrons. The Balaban J connectivity index is 1.61. The van der Waals surface area contributed by atoms with E-state index in [1.54, 1.807) is 0 Å². The van der Waals surface area contributed by atoms with Crippen molar-refractivity contribution in [3.8, 4) is 0 Å². The van der Waals surface area contributed by atoms with Gasteiger partial charge in [-0.15, -0.1) is 0 Å². The third-order valence-corrected chi connectivity index (χ3v) is 6.38. The number of halogens is 1. The predicted octanol–water partition coefficient (Wildman–Crippen LogP) is 5.10. The van der Waals surface area contributed by atoms with Crippen molar-refractivity contribution in [2.24, 2.45) is 0 Å². The summed E-state index contributed by atoms with van der Waals surface area (Å²) in [6.45, 7) is 5.87. The molecule has 1 aromatic carbocycles. The Morgan fingerprint density at radius 2 is 1.96 bits per heavy atom. The third kappa shape index (κ3) is 3.47. The highest BCUT2D eigenvalue weighted by Gasteiger charge is 2.32. The number of fused-ring (bicyclic) bond motifs is 1. The first kappa shape index (κ1) is 17.8. The molecule has 4 rings (SSSR count). The smallest absolute Gasteiger partial charge is 0.0818 e. The van der Waals surface area contributed by atoms with Crippen molar-refractivity contribution in [2.45, 2.75) is 51.1 Å². The molecule has 0 saturated carbocycles. The molecule has 0 amide bonds. The van der Waals surface area contributed by atoms with Crippen molar-refractivity contribution in [1.82, 2.24) is 9.88 Å². The van der Waals surface area contributed by atoms with Crippen LogP contribution in [0.4, 0.5) is 5.69 Å². The fourth-order valence-electron chi connectivity index (χ4n) is 4.72. The molecule has 3 nitrogen and oxygen atoms in total. The standard InChI is InChI=1S/C22H28ClN3/c1-2-22(25-12-5-6-13-25)26-14-10-17(19-9-11-24-16-21(19)26)15-18-7-3-4-8-20(18)23/h3-4,7-9,11,16-17,22H,2,5-6,10,12-15H2,1H3. The van der Waals surface area contributed by atoms with Gasteiger partial charge in [-0.1, -0.05) is 36.7 Å². The lowest BCUT2D eigenvalue weighted by Gasteiger charge is -2.43. The Kier molecular flexibility index (Phi) is 5.46. The van der Waals surface area contributed by atoms with Crippen LogP contribution in [0.15, 0.2) is 42.7 Å². The lowest BCUT2D eigenvalue weighted by atomic mass is 9.85. The van der Waals surface area contributed by atoms with Crippen LogP contribution < -0.4 is 4.90 Å². The maximum atomic E-state index is 6.43. The maximum Gasteiger partial charge on any atom is 0.0818 e. The molecule has 1 aromatic heterocycles. The van der Waals surface area contributed by atoms with E-state index in [4.69, 9.17) is 11.6 Å². The molecule has 0 spiro atoms. The second-order valence-electron chi connectivity index (χ2n) is 7.54. The number of likely N-dealkylation sites (tertiary alicyclic amines) is 1. The van der Waals surface area contributed by atoms with Crippen LogP contribution in [-0.2, 0) is 6.42 Å². The molecule has 4 heteroatoms. The van der Waals surface area contributed by atoms with Crippen molar-refractivity contribution in [3.05, 3.63) is 58.9 Å². The number of hydrogen-bond acceptors (Lipinski definition) is 3. The van der Waals surface area contributed by atoms with Gasteiger partial charge in [0.05, 0.1) is 18.1 Å². The van der Waals surface area contributed by atoms with Crippen LogP contribution >= 0.6 is 11.6 Å². The van der Waals surface area contributed by atoms with E-state index in [9.17, 15) is 0 Å². The highest BCUT2D eigenvalue weighted by molar-refractivity contribution is 6.31. The summed E-state index contributed by atoms with van der Waals surface area (Å²) in [6.07, 6.45) is 10.5. The fraction of sp³-hybridized carbons (Fsp3) is 0.500. The zero-order chi connectivity index (χ0) is 17.9. The summed E-state index contributed by atoms with van der Waals surface area (Å²) in [7, 11) is 0. The molecule has 1 fully saturated rings. The molecule has 0 N–H and O–H groups in total. The van der Waals surface area contributed by atoms with Gasteiger partial charge >= 0.3 is 0 Å². The zero-order valence-corrected chi connectivity index (χ0v) is 16.3. The highest BCUT2D eigenvalue weighted by Crippen LogP contribution is 2.39. The van der Waals surface area contributed by atoms with E-state index in [1.165, 1.54) is 49.2 Å². The van der Waals surface area contributed by atoms with E-state index in [-0.39, 0.29) is 0 Å². The van der Waals surface area contributed by atoms with Gasteiger partial charge in [0.25, 0.3) is 0 Å². The van der Waals surface area contributed by atoms with Gasteiger partial charge in [0.2, 0.25) is 0 Å². The van der Waals surface area contributed by atoms with Gasteiger partial charge in [0, 0.05) is 30.9 Å². The van der Waals surface area contributed by atoms with Crippen LogP contribution in [0, 0.1) is 0 Å². The van der Waals surface area contributed by atoms with Gasteiger partial charge in [0.15, 0.2) is 0 Å². The molecule has 0 bridgehead atoms. The van der Waals surface area contributed by atoms with Crippen molar-refractivity contribution in [1.29, 1.82) is 0 Å². The van der Waals surface area contributed by atoms with Gasteiger partial charge in [-0.25, -0.2) is 0 Å². The van der Waals surface area contributed by atoms with Gasteiger partial charge in [-0.3, -0.25) is 9.88 Å². The lowest BCUT2D eigenvalue weighted by molar-refractivity contribution is 0.223. The predicted molar refractivity (Wildman–Crippen MR) is 109 cm³/mol. The van der Waals surface area contributed by atoms with Crippen LogP contribution in [0.3, 0.4) is 0 Å². The summed E-state index contributed by atoms with van der Waals surface area (Å²) >= 11 is 6.43. The average Bonchev–Trinajstić information content (AvgIpc) is 3.20. The van der Waals surface area contributed by atoms with E-state index >= 15 is 0 Å². The molecular weight excluding hydrogens is 342 g/mol. The van der Waals surface area contributed by atoms with E-state index in [2.05, 4.69) is 46.1 Å². The van der Waals surface area contributed by atoms with E-state index in [0.29, 0.717) is 12.1 Å². The Bertz CT molecular complexity index is 742. The Morgan fingerprint density at radius 3 is 2.73 bits per heavy atom. The van der Waals surface area contributed by atoms with Crippen molar-refractivity contribution in [2.75, 3.05) is 24.5 Å². The summed E-state index contributed by atoms with van der Waals surface area (Å²) < 4.78 is 0. The van der Waals surface area contributed by atoms with Gasteiger partial charge in [0.1, 0.15) is 0 Å². The molecule has 3 heterocycles. The first-order chi connectivity index (χ1) is 12.8. The number of hydrogen-bond donors (Lipinski definition) is 0. The van der Waals surface area contributed by atoms with E-state index < -0.39 is 0 Å². The molecule has 0 aliphatic carbocycles. The Morgan fingerprint density at radius 1 is 1.15 bits per heavy atom. The number of pyridine rings is 1. The Hall–Kier alpha value is -1.58. The van der Waals surface area contributed by atoms with E-state index in [0.717, 1.165) is 24.4 Å². The number of nitrogens with zero attached hydrogens (tertiary/aromatic N) is 3. The molecule has 2 aliphatic rings. The minimum absolute atomic E-state index is 0.502. The van der Waals surface area contributed by atoms with Crippen molar-refractivity contribution < 1.29 is 0 Å². The monoisotopic (exact) mass is 369 g/mol. The van der Waals surface area contributed by atoms with Crippen molar-refractivity contribution >= 4 is 17.3 Å². The molecule has 2 atom stereocenters. The molecule has 2 aliphatic heterocycles. The SMILES string of the molecule is CCC(N1CCCC1)N1CCC(Cc2ccccc2Cl)c2ccncc21. The normalized spacial score (nSPS) is 21.6. The summed E-state index contributed by atoms with van der Waals surface area (Å²) in [5.74, 6) is 0.514. The molecule has 26 heavy (non-hydrogen) atoms. The highest BCUT2D eigenvalue weighted by atomic mass is 35.5. The second-order valence-corrected chi connectivity index (χ2v) is 7.95. The van der Waals surface area contributed by atoms with Gasteiger partial charge in [-0.2, -0.15) is 0 Å².